The van der Waals surface area contributed by atoms with Crippen LogP contribution in [0.15, 0.2) is 49.1 Å². The van der Waals surface area contributed by atoms with Crippen LogP contribution in [0, 0.1) is 0 Å². The minimum atomic E-state index is 1.01. The minimum absolute atomic E-state index is 1.01. The minimum Gasteiger partial charge on any atom is -0.0991 e. The van der Waals surface area contributed by atoms with E-state index >= 15 is 0 Å². The molecular formula is C15H24. The topological polar surface area (TPSA) is 0 Å². The van der Waals surface area contributed by atoms with Crippen molar-refractivity contribution >= 4 is 0 Å². The number of rotatable bonds is 9. The van der Waals surface area contributed by atoms with E-state index in [1.165, 1.54) is 25.7 Å². The van der Waals surface area contributed by atoms with Gasteiger partial charge in [-0.1, -0.05) is 68.9 Å². The highest BCUT2D eigenvalue weighted by Crippen LogP contribution is 2.00. The molecule has 0 aliphatic carbocycles. The third-order valence-corrected chi connectivity index (χ3v) is 2.12. The Kier molecular flexibility index (Phi) is 12.1. The van der Waals surface area contributed by atoms with Crippen molar-refractivity contribution in [3.63, 3.8) is 0 Å². The summed E-state index contributed by atoms with van der Waals surface area (Å²) in [6, 6.07) is 0. The van der Waals surface area contributed by atoms with E-state index in [0.717, 1.165) is 12.8 Å². The van der Waals surface area contributed by atoms with E-state index in [4.69, 9.17) is 0 Å². The fourth-order valence-corrected chi connectivity index (χ4v) is 1.25. The summed E-state index contributed by atoms with van der Waals surface area (Å²) < 4.78 is 0. The number of allylic oxidation sites excluding steroid dienone is 7. The van der Waals surface area contributed by atoms with Gasteiger partial charge in [-0.2, -0.15) is 0 Å². The van der Waals surface area contributed by atoms with E-state index in [-0.39, 0.29) is 0 Å². The molecular weight excluding hydrogens is 180 g/mol. The Morgan fingerprint density at radius 2 is 1.53 bits per heavy atom. The van der Waals surface area contributed by atoms with Crippen LogP contribution in [0.5, 0.6) is 0 Å². The summed E-state index contributed by atoms with van der Waals surface area (Å²) in [5, 5.41) is 0. The summed E-state index contributed by atoms with van der Waals surface area (Å²) in [7, 11) is 0. The summed E-state index contributed by atoms with van der Waals surface area (Å²) >= 11 is 0. The molecule has 0 aromatic heterocycles. The molecule has 0 saturated carbocycles. The van der Waals surface area contributed by atoms with Crippen LogP contribution >= 0.6 is 0 Å². The molecule has 0 spiro atoms. The van der Waals surface area contributed by atoms with Crippen molar-refractivity contribution in [2.75, 3.05) is 0 Å². The third-order valence-electron chi connectivity index (χ3n) is 2.12. The molecule has 0 aliphatic rings. The van der Waals surface area contributed by atoms with Gasteiger partial charge in [-0.25, -0.2) is 0 Å². The first-order valence-corrected chi connectivity index (χ1v) is 5.99. The molecule has 0 atom stereocenters. The Hall–Kier alpha value is -1.04. The van der Waals surface area contributed by atoms with Gasteiger partial charge in [-0.3, -0.25) is 0 Å². The largest absolute Gasteiger partial charge is 0.0991 e. The summed E-state index contributed by atoms with van der Waals surface area (Å²) in [6.45, 7) is 5.86. The smallest absolute Gasteiger partial charge is 0.0166 e. The first-order chi connectivity index (χ1) is 7.41. The lowest BCUT2D eigenvalue weighted by Crippen LogP contribution is -1.70. The molecule has 0 N–H and O–H groups in total. The molecule has 0 aromatic carbocycles. The zero-order valence-corrected chi connectivity index (χ0v) is 9.99. The number of hydrogen-bond donors (Lipinski definition) is 0. The van der Waals surface area contributed by atoms with Crippen LogP contribution in [0.3, 0.4) is 0 Å². The predicted molar refractivity (Wildman–Crippen MR) is 71.0 cm³/mol. The molecule has 0 saturated heterocycles. The van der Waals surface area contributed by atoms with E-state index in [1.54, 1.807) is 0 Å². The highest BCUT2D eigenvalue weighted by Gasteiger charge is 1.80. The highest BCUT2D eigenvalue weighted by molar-refractivity contribution is 5.02. The van der Waals surface area contributed by atoms with Crippen LogP contribution in [0.2, 0.25) is 0 Å². The molecule has 0 heteroatoms. The molecule has 15 heavy (non-hydrogen) atoms. The van der Waals surface area contributed by atoms with E-state index < -0.39 is 0 Å². The molecule has 0 radical (unpaired) electrons. The van der Waals surface area contributed by atoms with Crippen molar-refractivity contribution in [3.05, 3.63) is 49.1 Å². The van der Waals surface area contributed by atoms with Crippen molar-refractivity contribution in [1.82, 2.24) is 0 Å². The molecule has 0 unspecified atom stereocenters. The van der Waals surface area contributed by atoms with Crippen LogP contribution in [0.4, 0.5) is 0 Å². The lowest BCUT2D eigenvalue weighted by atomic mass is 10.2. The van der Waals surface area contributed by atoms with E-state index in [0.29, 0.717) is 0 Å². The standard InChI is InChI=1S/C15H24/c1-3-5-7-9-11-13-15-14-12-10-8-6-4-2/h3,5,7,11-14H,1,4,6,8-10,15H2,2H3/b7-5+,13-11+,14-12+. The van der Waals surface area contributed by atoms with Gasteiger partial charge >= 0.3 is 0 Å². The van der Waals surface area contributed by atoms with Crippen molar-refractivity contribution in [2.24, 2.45) is 0 Å². The maximum absolute atomic E-state index is 3.62. The Labute approximate surface area is 95.1 Å². The summed E-state index contributed by atoms with van der Waals surface area (Å²) in [5.41, 5.74) is 0. The van der Waals surface area contributed by atoms with Crippen molar-refractivity contribution in [3.8, 4) is 0 Å². The van der Waals surface area contributed by atoms with E-state index in [9.17, 15) is 0 Å². The molecule has 0 heterocycles. The van der Waals surface area contributed by atoms with Gasteiger partial charge in [-0.05, 0) is 25.7 Å². The molecule has 0 rings (SSSR count). The zero-order valence-electron chi connectivity index (χ0n) is 9.99. The van der Waals surface area contributed by atoms with Crippen LogP contribution < -0.4 is 0 Å². The Morgan fingerprint density at radius 3 is 2.20 bits per heavy atom. The van der Waals surface area contributed by atoms with E-state index in [2.05, 4.69) is 43.9 Å². The van der Waals surface area contributed by atoms with Gasteiger partial charge < -0.3 is 0 Å². The molecule has 0 nitrogen and oxygen atoms in total. The van der Waals surface area contributed by atoms with Crippen molar-refractivity contribution in [1.29, 1.82) is 0 Å². The maximum atomic E-state index is 3.62. The monoisotopic (exact) mass is 204 g/mol. The first-order valence-electron chi connectivity index (χ1n) is 5.99. The highest BCUT2D eigenvalue weighted by atomic mass is 13.9. The average molecular weight is 204 g/mol. The van der Waals surface area contributed by atoms with Crippen molar-refractivity contribution < 1.29 is 0 Å². The summed E-state index contributed by atoms with van der Waals surface area (Å²) in [6.07, 6.45) is 22.1. The fraction of sp³-hybridized carbons (Fsp3) is 0.467. The first kappa shape index (κ1) is 14.0. The fourth-order valence-electron chi connectivity index (χ4n) is 1.25. The SMILES string of the molecule is C=C/C=C/C/C=C/C/C=C/CCCCC. The molecule has 0 aliphatic heterocycles. The number of hydrogen-bond acceptors (Lipinski definition) is 0. The van der Waals surface area contributed by atoms with E-state index in [1.807, 2.05) is 12.2 Å². The molecule has 0 aromatic rings. The van der Waals surface area contributed by atoms with Crippen LogP contribution in [0.25, 0.3) is 0 Å². The second kappa shape index (κ2) is 13.0. The average Bonchev–Trinajstić information content (AvgIpc) is 2.26. The molecule has 84 valence electrons. The normalized spacial score (nSPS) is 12.1. The van der Waals surface area contributed by atoms with Gasteiger partial charge in [0.1, 0.15) is 0 Å². The van der Waals surface area contributed by atoms with Gasteiger partial charge in [-0.15, -0.1) is 0 Å². The van der Waals surface area contributed by atoms with Gasteiger partial charge in [0.25, 0.3) is 0 Å². The van der Waals surface area contributed by atoms with Crippen molar-refractivity contribution in [2.45, 2.75) is 45.4 Å². The molecule has 0 bridgehead atoms. The third kappa shape index (κ3) is 13.0. The Morgan fingerprint density at radius 1 is 0.867 bits per heavy atom. The zero-order chi connectivity index (χ0) is 11.2. The van der Waals surface area contributed by atoms with Gasteiger partial charge in [0.05, 0.1) is 0 Å². The Balaban J connectivity index is 3.28. The maximum Gasteiger partial charge on any atom is -0.0166 e. The summed E-state index contributed by atoms with van der Waals surface area (Å²) in [5.74, 6) is 0. The quantitative estimate of drug-likeness (QED) is 0.275. The van der Waals surface area contributed by atoms with Gasteiger partial charge in [0, 0.05) is 0 Å². The predicted octanol–water partition coefficient (Wildman–Crippen LogP) is 5.20. The van der Waals surface area contributed by atoms with Crippen LogP contribution in [-0.2, 0) is 0 Å². The van der Waals surface area contributed by atoms with Gasteiger partial charge in [0.15, 0.2) is 0 Å². The lowest BCUT2D eigenvalue weighted by Gasteiger charge is -1.90. The molecule has 0 amide bonds. The summed E-state index contributed by atoms with van der Waals surface area (Å²) in [4.78, 5) is 0. The second-order valence-electron chi connectivity index (χ2n) is 3.57. The van der Waals surface area contributed by atoms with Gasteiger partial charge in [0.2, 0.25) is 0 Å². The number of unbranched alkanes of at least 4 members (excludes halogenated alkanes) is 3. The van der Waals surface area contributed by atoms with Crippen LogP contribution in [-0.4, -0.2) is 0 Å². The lowest BCUT2D eigenvalue weighted by molar-refractivity contribution is 0.728. The van der Waals surface area contributed by atoms with Crippen LogP contribution in [0.1, 0.15) is 45.4 Å². The Bertz CT molecular complexity index is 206. The molecule has 0 fully saturated rings. The second-order valence-corrected chi connectivity index (χ2v) is 3.57.